The molecule has 3 heterocycles. The highest BCUT2D eigenvalue weighted by Crippen LogP contribution is 2.28. The van der Waals surface area contributed by atoms with Gasteiger partial charge in [-0.15, -0.1) is 20.4 Å². The highest BCUT2D eigenvalue weighted by Gasteiger charge is 2.14. The van der Waals surface area contributed by atoms with Gasteiger partial charge >= 0.3 is 0 Å². The first-order valence-corrected chi connectivity index (χ1v) is 12.3. The predicted octanol–water partition coefficient (Wildman–Crippen LogP) is 2.71. The van der Waals surface area contributed by atoms with Crippen molar-refractivity contribution in [2.45, 2.75) is 15.2 Å². The third-order valence-corrected chi connectivity index (χ3v) is 6.90. The standard InChI is InChI=1S/C19H18N10OS3/c20-29-16(24-22-10-14-7-4-8-21-9-14)25-27-18(29)31-12-15(30)23-17-26-28-19(33-17)32-11-13-5-2-1-3-6-13/h1-10H,11-12,20H2,(H,24,25)(H,23,26,30)/b22-10+. The summed E-state index contributed by atoms with van der Waals surface area (Å²) in [6.45, 7) is 0. The van der Waals surface area contributed by atoms with Gasteiger partial charge in [-0.1, -0.05) is 71.3 Å². The Kier molecular flexibility index (Phi) is 7.84. The number of hydrazone groups is 1. The molecule has 33 heavy (non-hydrogen) atoms. The molecule has 0 aliphatic heterocycles. The molecule has 14 heteroatoms. The summed E-state index contributed by atoms with van der Waals surface area (Å²) >= 11 is 4.04. The molecule has 0 saturated heterocycles. The van der Waals surface area contributed by atoms with Crippen LogP contribution < -0.4 is 16.6 Å². The largest absolute Gasteiger partial charge is 0.334 e. The number of benzene rings is 1. The maximum atomic E-state index is 12.3. The molecule has 0 atom stereocenters. The number of hydrogen-bond donors (Lipinski definition) is 3. The van der Waals surface area contributed by atoms with Gasteiger partial charge in [0.15, 0.2) is 4.34 Å². The van der Waals surface area contributed by atoms with Crippen LogP contribution in [0.1, 0.15) is 11.1 Å². The highest BCUT2D eigenvalue weighted by molar-refractivity contribution is 8.00. The number of nitrogens with one attached hydrogen (secondary N) is 2. The van der Waals surface area contributed by atoms with Gasteiger partial charge in [0.1, 0.15) is 0 Å². The topological polar surface area (TPSA) is 149 Å². The maximum absolute atomic E-state index is 12.3. The van der Waals surface area contributed by atoms with Crippen molar-refractivity contribution < 1.29 is 4.79 Å². The van der Waals surface area contributed by atoms with E-state index in [9.17, 15) is 4.79 Å². The molecule has 0 radical (unpaired) electrons. The molecular formula is C19H18N10OS3. The van der Waals surface area contributed by atoms with Crippen LogP contribution in [0.3, 0.4) is 0 Å². The van der Waals surface area contributed by atoms with Gasteiger partial charge in [0.05, 0.1) is 12.0 Å². The second kappa shape index (κ2) is 11.4. The van der Waals surface area contributed by atoms with Crippen LogP contribution in [0.15, 0.2) is 69.5 Å². The van der Waals surface area contributed by atoms with Crippen LogP contribution in [0.5, 0.6) is 0 Å². The number of pyridine rings is 1. The monoisotopic (exact) mass is 498 g/mol. The molecule has 168 valence electrons. The number of anilines is 2. The van der Waals surface area contributed by atoms with E-state index in [-0.39, 0.29) is 17.6 Å². The van der Waals surface area contributed by atoms with Crippen LogP contribution >= 0.6 is 34.9 Å². The quantitative estimate of drug-likeness (QED) is 0.0979. The van der Waals surface area contributed by atoms with Crippen molar-refractivity contribution in [1.29, 1.82) is 0 Å². The Balaban J connectivity index is 1.23. The molecule has 0 fully saturated rings. The van der Waals surface area contributed by atoms with E-state index in [4.69, 9.17) is 5.84 Å². The van der Waals surface area contributed by atoms with Crippen molar-refractivity contribution in [3.8, 4) is 0 Å². The fraction of sp³-hybridized carbons (Fsp3) is 0.105. The first kappa shape index (κ1) is 22.7. The fourth-order valence-corrected chi connectivity index (χ4v) is 4.77. The molecule has 11 nitrogen and oxygen atoms in total. The zero-order valence-corrected chi connectivity index (χ0v) is 19.5. The fourth-order valence-electron chi connectivity index (χ4n) is 2.39. The second-order valence-corrected chi connectivity index (χ2v) is 9.46. The molecule has 1 amide bonds. The summed E-state index contributed by atoms with van der Waals surface area (Å²) in [6.07, 6.45) is 4.92. The second-order valence-electron chi connectivity index (χ2n) is 6.32. The lowest BCUT2D eigenvalue weighted by atomic mass is 10.2. The summed E-state index contributed by atoms with van der Waals surface area (Å²) in [7, 11) is 0. The van der Waals surface area contributed by atoms with E-state index in [1.807, 2.05) is 24.3 Å². The Morgan fingerprint density at radius 2 is 2.00 bits per heavy atom. The van der Waals surface area contributed by atoms with Gasteiger partial charge in [0.2, 0.25) is 16.2 Å². The number of carbonyl (C=O) groups is 1. The Morgan fingerprint density at radius 1 is 1.12 bits per heavy atom. The van der Waals surface area contributed by atoms with Crippen LogP contribution in [-0.4, -0.2) is 47.9 Å². The minimum Gasteiger partial charge on any atom is -0.334 e. The SMILES string of the molecule is Nn1c(N/N=C/c2cccnc2)nnc1SCC(=O)Nc1nnc(SCc2ccccc2)s1. The van der Waals surface area contributed by atoms with Crippen molar-refractivity contribution in [2.24, 2.45) is 5.10 Å². The van der Waals surface area contributed by atoms with Crippen LogP contribution in [0.4, 0.5) is 11.1 Å². The van der Waals surface area contributed by atoms with Gasteiger partial charge < -0.3 is 5.84 Å². The molecule has 0 spiro atoms. The van der Waals surface area contributed by atoms with Gasteiger partial charge in [0.25, 0.3) is 5.95 Å². The summed E-state index contributed by atoms with van der Waals surface area (Å²) in [5.74, 6) is 6.83. The lowest BCUT2D eigenvalue weighted by Crippen LogP contribution is -2.16. The Labute approximate surface area is 201 Å². The number of nitrogens with two attached hydrogens (primary N) is 1. The van der Waals surface area contributed by atoms with Crippen molar-refractivity contribution in [3.05, 3.63) is 66.0 Å². The zero-order chi connectivity index (χ0) is 22.9. The summed E-state index contributed by atoms with van der Waals surface area (Å²) < 4.78 is 2.01. The van der Waals surface area contributed by atoms with Gasteiger partial charge in [-0.3, -0.25) is 15.1 Å². The average Bonchev–Trinajstić information content (AvgIpc) is 3.44. The van der Waals surface area contributed by atoms with Crippen molar-refractivity contribution in [2.75, 3.05) is 22.3 Å². The van der Waals surface area contributed by atoms with E-state index in [1.165, 1.54) is 21.6 Å². The third-order valence-electron chi connectivity index (χ3n) is 3.92. The summed E-state index contributed by atoms with van der Waals surface area (Å²) in [5, 5.41) is 23.6. The summed E-state index contributed by atoms with van der Waals surface area (Å²) in [4.78, 5) is 16.3. The van der Waals surface area contributed by atoms with E-state index in [2.05, 4.69) is 53.4 Å². The molecule has 0 unspecified atom stereocenters. The highest BCUT2D eigenvalue weighted by atomic mass is 32.2. The number of aromatic nitrogens is 6. The lowest BCUT2D eigenvalue weighted by molar-refractivity contribution is -0.113. The molecule has 3 aromatic heterocycles. The third kappa shape index (κ3) is 6.74. The minimum absolute atomic E-state index is 0.0837. The first-order chi connectivity index (χ1) is 16.2. The number of nitrogens with zero attached hydrogens (tertiary/aromatic N) is 7. The normalized spacial score (nSPS) is 11.0. The summed E-state index contributed by atoms with van der Waals surface area (Å²) in [5.41, 5.74) is 4.72. The molecule has 0 bridgehead atoms. The average molecular weight is 499 g/mol. The Bertz CT molecular complexity index is 1210. The van der Waals surface area contributed by atoms with Gasteiger partial charge in [-0.05, 0) is 11.6 Å². The van der Waals surface area contributed by atoms with Gasteiger partial charge in [-0.2, -0.15) is 5.10 Å². The number of thioether (sulfide) groups is 2. The Morgan fingerprint density at radius 3 is 2.82 bits per heavy atom. The molecule has 4 aromatic rings. The minimum atomic E-state index is -0.247. The van der Waals surface area contributed by atoms with E-state index in [1.54, 1.807) is 36.4 Å². The van der Waals surface area contributed by atoms with E-state index < -0.39 is 0 Å². The lowest BCUT2D eigenvalue weighted by Gasteiger charge is -2.03. The molecule has 4 N–H and O–H groups in total. The Hall–Kier alpha value is -3.49. The predicted molar refractivity (Wildman–Crippen MR) is 131 cm³/mol. The van der Waals surface area contributed by atoms with Crippen molar-refractivity contribution in [3.63, 3.8) is 0 Å². The summed E-state index contributed by atoms with van der Waals surface area (Å²) in [6, 6.07) is 13.7. The first-order valence-electron chi connectivity index (χ1n) is 9.50. The number of rotatable bonds is 10. The van der Waals surface area contributed by atoms with E-state index in [0.717, 1.165) is 27.4 Å². The number of amides is 1. The van der Waals surface area contributed by atoms with Crippen LogP contribution in [0.25, 0.3) is 0 Å². The van der Waals surface area contributed by atoms with Crippen molar-refractivity contribution in [1.82, 2.24) is 30.1 Å². The van der Waals surface area contributed by atoms with Gasteiger partial charge in [-0.25, -0.2) is 10.1 Å². The molecule has 0 aliphatic rings. The molecule has 1 aromatic carbocycles. The molecular weight excluding hydrogens is 480 g/mol. The molecule has 0 aliphatic carbocycles. The molecule has 4 rings (SSSR count). The van der Waals surface area contributed by atoms with E-state index in [0.29, 0.717) is 10.3 Å². The van der Waals surface area contributed by atoms with Crippen LogP contribution in [0, 0.1) is 0 Å². The number of nitrogen functional groups attached to an aromatic ring is 1. The van der Waals surface area contributed by atoms with Crippen molar-refractivity contribution >= 4 is 58.1 Å². The maximum Gasteiger partial charge on any atom is 0.264 e. The van der Waals surface area contributed by atoms with Gasteiger partial charge in [0, 0.05) is 23.7 Å². The number of hydrogen-bond acceptors (Lipinski definition) is 12. The van der Waals surface area contributed by atoms with Crippen LogP contribution in [0.2, 0.25) is 0 Å². The molecule has 0 saturated carbocycles. The van der Waals surface area contributed by atoms with Crippen LogP contribution in [-0.2, 0) is 10.5 Å². The van der Waals surface area contributed by atoms with E-state index >= 15 is 0 Å². The zero-order valence-electron chi connectivity index (χ0n) is 17.0. The number of carbonyl (C=O) groups excluding carboxylic acids is 1. The smallest absolute Gasteiger partial charge is 0.264 e.